The molecule has 148 valence electrons. The van der Waals surface area contributed by atoms with Crippen molar-refractivity contribution in [3.8, 4) is 11.3 Å². The summed E-state index contributed by atoms with van der Waals surface area (Å²) in [5, 5.41) is 3.45. The molecular formula is C20H21FN8. The summed E-state index contributed by atoms with van der Waals surface area (Å²) >= 11 is 0. The van der Waals surface area contributed by atoms with Crippen LogP contribution in [-0.4, -0.2) is 55.7 Å². The number of hydrogen-bond acceptors (Lipinski definition) is 6. The lowest BCUT2D eigenvalue weighted by atomic mass is 10.0. The van der Waals surface area contributed by atoms with Crippen LogP contribution in [0.2, 0.25) is 0 Å². The van der Waals surface area contributed by atoms with Gasteiger partial charge in [-0.1, -0.05) is 0 Å². The normalized spacial score (nSPS) is 21.5. The van der Waals surface area contributed by atoms with Gasteiger partial charge in [0.05, 0.1) is 18.2 Å². The number of imidazole rings is 2. The molecule has 2 N–H and O–H groups in total. The van der Waals surface area contributed by atoms with Gasteiger partial charge < -0.3 is 19.8 Å². The summed E-state index contributed by atoms with van der Waals surface area (Å²) in [7, 11) is 0. The molecule has 8 nitrogen and oxygen atoms in total. The van der Waals surface area contributed by atoms with Crippen molar-refractivity contribution in [1.29, 1.82) is 0 Å². The second-order valence-electron chi connectivity index (χ2n) is 7.91. The largest absolute Gasteiger partial charge is 0.340 e. The number of halogens is 1. The van der Waals surface area contributed by atoms with Crippen LogP contribution in [0.15, 0.2) is 24.8 Å². The highest BCUT2D eigenvalue weighted by Crippen LogP contribution is 2.33. The maximum atomic E-state index is 14.9. The Labute approximate surface area is 166 Å². The second-order valence-corrected chi connectivity index (χ2v) is 7.91. The number of hydrogen-bond donors (Lipinski definition) is 2. The number of fused-ring (bicyclic) bond motifs is 3. The molecule has 2 unspecified atom stereocenters. The van der Waals surface area contributed by atoms with Crippen LogP contribution in [0.25, 0.3) is 33.5 Å². The summed E-state index contributed by atoms with van der Waals surface area (Å²) in [5.74, 6) is 1.63. The molecule has 0 saturated carbocycles. The molecule has 1 aromatic carbocycles. The summed E-state index contributed by atoms with van der Waals surface area (Å²) in [6.07, 6.45) is 3.28. The van der Waals surface area contributed by atoms with E-state index in [0.29, 0.717) is 57.8 Å². The minimum atomic E-state index is -0.303. The van der Waals surface area contributed by atoms with E-state index in [4.69, 9.17) is 9.97 Å². The highest BCUT2D eigenvalue weighted by atomic mass is 19.1. The Morgan fingerprint density at radius 2 is 1.97 bits per heavy atom. The third kappa shape index (κ3) is 2.53. The molecule has 0 spiro atoms. The summed E-state index contributed by atoms with van der Waals surface area (Å²) in [5.41, 5.74) is 3.74. The number of rotatable bonds is 3. The molecule has 4 aromatic rings. The number of aromatic nitrogens is 6. The number of nitrogens with one attached hydrogen (secondary N) is 2. The minimum absolute atomic E-state index is 0.303. The van der Waals surface area contributed by atoms with Crippen molar-refractivity contribution in [1.82, 2.24) is 34.8 Å². The van der Waals surface area contributed by atoms with Crippen LogP contribution in [0.3, 0.4) is 0 Å². The summed E-state index contributed by atoms with van der Waals surface area (Å²) in [6, 6.07) is 3.41. The lowest BCUT2D eigenvalue weighted by molar-refractivity contribution is 0.533. The van der Waals surface area contributed by atoms with Gasteiger partial charge in [-0.15, -0.1) is 0 Å². The van der Waals surface area contributed by atoms with Crippen molar-refractivity contribution in [2.45, 2.75) is 13.5 Å². The Kier molecular flexibility index (Phi) is 3.61. The van der Waals surface area contributed by atoms with Crippen molar-refractivity contribution in [3.05, 3.63) is 30.6 Å². The molecule has 2 fully saturated rings. The highest BCUT2D eigenvalue weighted by Gasteiger charge is 2.37. The van der Waals surface area contributed by atoms with E-state index < -0.39 is 0 Å². The molecule has 2 aliphatic heterocycles. The molecule has 3 aromatic heterocycles. The molecule has 0 amide bonds. The van der Waals surface area contributed by atoms with E-state index >= 15 is 0 Å². The van der Waals surface area contributed by atoms with Gasteiger partial charge >= 0.3 is 0 Å². The third-order valence-electron chi connectivity index (χ3n) is 6.22. The molecule has 2 atom stereocenters. The fourth-order valence-electron chi connectivity index (χ4n) is 4.72. The predicted molar refractivity (Wildman–Crippen MR) is 108 cm³/mol. The smallest absolute Gasteiger partial charge is 0.228 e. The summed E-state index contributed by atoms with van der Waals surface area (Å²) < 4.78 is 16.8. The molecular weight excluding hydrogens is 371 g/mol. The summed E-state index contributed by atoms with van der Waals surface area (Å²) in [4.78, 5) is 23.6. The van der Waals surface area contributed by atoms with Crippen molar-refractivity contribution in [2.24, 2.45) is 11.8 Å². The van der Waals surface area contributed by atoms with Gasteiger partial charge in [0, 0.05) is 38.3 Å². The Balaban J connectivity index is 1.49. The van der Waals surface area contributed by atoms with Crippen molar-refractivity contribution >= 4 is 28.1 Å². The van der Waals surface area contributed by atoms with Crippen LogP contribution in [0.1, 0.15) is 6.92 Å². The van der Waals surface area contributed by atoms with E-state index in [1.165, 1.54) is 6.07 Å². The fourth-order valence-corrected chi connectivity index (χ4v) is 4.72. The highest BCUT2D eigenvalue weighted by molar-refractivity contribution is 5.91. The molecule has 2 aliphatic rings. The Bertz CT molecular complexity index is 1220. The predicted octanol–water partition coefficient (Wildman–Crippen LogP) is 2.18. The van der Waals surface area contributed by atoms with Gasteiger partial charge in [0.25, 0.3) is 0 Å². The maximum absolute atomic E-state index is 14.9. The average molecular weight is 392 g/mol. The SMILES string of the molecule is CCn1cnc2cc(-c3nc(N4CC5CNCC5C4)nc4[nH]cnc34)cc(F)c21. The van der Waals surface area contributed by atoms with Crippen molar-refractivity contribution in [2.75, 3.05) is 31.1 Å². The first-order valence-corrected chi connectivity index (χ1v) is 10.0. The standard InChI is InChI=1S/C20H21FN8/c1-2-28-10-25-15-4-11(3-14(21)18(15)28)16-17-19(24-9-23-17)27-20(26-16)29-7-12-5-22-6-13(12)8-29/h3-4,9-10,12-13,22H,2,5-8H2,1H3,(H,23,24,26,27). The van der Waals surface area contributed by atoms with E-state index in [1.807, 2.05) is 13.0 Å². The topological polar surface area (TPSA) is 87.5 Å². The van der Waals surface area contributed by atoms with Gasteiger partial charge in [0.15, 0.2) is 5.65 Å². The summed E-state index contributed by atoms with van der Waals surface area (Å²) in [6.45, 7) is 6.60. The Morgan fingerprint density at radius 3 is 2.76 bits per heavy atom. The van der Waals surface area contributed by atoms with Crippen LogP contribution < -0.4 is 10.2 Å². The van der Waals surface area contributed by atoms with Gasteiger partial charge in [-0.25, -0.2) is 19.3 Å². The molecule has 6 rings (SSSR count). The lowest BCUT2D eigenvalue weighted by Crippen LogP contribution is -2.27. The number of aromatic amines is 1. The fraction of sp³-hybridized carbons (Fsp3) is 0.400. The second kappa shape index (κ2) is 6.21. The molecule has 0 bridgehead atoms. The number of aryl methyl sites for hydroxylation is 1. The van der Waals surface area contributed by atoms with Gasteiger partial charge in [0.1, 0.15) is 22.5 Å². The van der Waals surface area contributed by atoms with E-state index in [1.54, 1.807) is 17.2 Å². The number of anilines is 1. The number of benzene rings is 1. The van der Waals surface area contributed by atoms with Crippen molar-refractivity contribution < 1.29 is 4.39 Å². The number of H-pyrrole nitrogens is 1. The van der Waals surface area contributed by atoms with Crippen LogP contribution in [-0.2, 0) is 6.54 Å². The lowest BCUT2D eigenvalue weighted by Gasteiger charge is -2.18. The quantitative estimate of drug-likeness (QED) is 0.556. The third-order valence-corrected chi connectivity index (χ3v) is 6.22. The van der Waals surface area contributed by atoms with Gasteiger partial charge in [-0.3, -0.25) is 0 Å². The number of nitrogens with zero attached hydrogens (tertiary/aromatic N) is 6. The van der Waals surface area contributed by atoms with Gasteiger partial charge in [-0.05, 0) is 30.9 Å². The zero-order valence-corrected chi connectivity index (χ0v) is 16.1. The monoisotopic (exact) mass is 392 g/mol. The average Bonchev–Trinajstić information content (AvgIpc) is 3.48. The maximum Gasteiger partial charge on any atom is 0.228 e. The van der Waals surface area contributed by atoms with Crippen LogP contribution in [0, 0.1) is 17.7 Å². The van der Waals surface area contributed by atoms with Crippen LogP contribution in [0.4, 0.5) is 10.3 Å². The Morgan fingerprint density at radius 1 is 1.14 bits per heavy atom. The van der Waals surface area contributed by atoms with E-state index in [2.05, 4.69) is 25.2 Å². The molecule has 9 heteroatoms. The van der Waals surface area contributed by atoms with Crippen LogP contribution >= 0.6 is 0 Å². The zero-order valence-electron chi connectivity index (χ0n) is 16.1. The zero-order chi connectivity index (χ0) is 19.5. The Hall–Kier alpha value is -3.07. The van der Waals surface area contributed by atoms with Gasteiger partial charge in [-0.2, -0.15) is 4.98 Å². The van der Waals surface area contributed by atoms with E-state index in [9.17, 15) is 4.39 Å². The minimum Gasteiger partial charge on any atom is -0.340 e. The first-order valence-electron chi connectivity index (χ1n) is 10.0. The van der Waals surface area contributed by atoms with Gasteiger partial charge in [0.2, 0.25) is 5.95 Å². The molecule has 0 radical (unpaired) electrons. The van der Waals surface area contributed by atoms with Crippen LogP contribution in [0.5, 0.6) is 0 Å². The van der Waals surface area contributed by atoms with E-state index in [0.717, 1.165) is 26.2 Å². The molecule has 0 aliphatic carbocycles. The van der Waals surface area contributed by atoms with Crippen molar-refractivity contribution in [3.63, 3.8) is 0 Å². The molecule has 5 heterocycles. The van der Waals surface area contributed by atoms with E-state index in [-0.39, 0.29) is 5.82 Å². The first-order chi connectivity index (χ1) is 14.2. The molecule has 2 saturated heterocycles. The molecule has 29 heavy (non-hydrogen) atoms. The first kappa shape index (κ1) is 16.8.